The van der Waals surface area contributed by atoms with Gasteiger partial charge in [-0.25, -0.2) is 0 Å². The molecule has 0 amide bonds. The molecule has 5 atom stereocenters. The number of rotatable bonds is 6. The third-order valence-corrected chi connectivity index (χ3v) is 15.1. The quantitative estimate of drug-likeness (QED) is 0.254. The van der Waals surface area contributed by atoms with Crippen molar-refractivity contribution in [2.24, 2.45) is 0 Å². The molecule has 4 bridgehead atoms. The van der Waals surface area contributed by atoms with E-state index >= 15 is 0 Å². The van der Waals surface area contributed by atoms with Crippen LogP contribution in [-0.4, -0.2) is 39.3 Å². The van der Waals surface area contributed by atoms with Crippen molar-refractivity contribution in [3.8, 4) is 22.3 Å². The lowest BCUT2D eigenvalue weighted by Crippen LogP contribution is -2.84. The Morgan fingerprint density at radius 3 is 1.50 bits per heavy atom. The van der Waals surface area contributed by atoms with Gasteiger partial charge in [-0.3, -0.25) is 0 Å². The van der Waals surface area contributed by atoms with E-state index in [-0.39, 0.29) is 10.3 Å². The fourth-order valence-electron chi connectivity index (χ4n) is 9.58. The minimum atomic E-state index is -0.673. The van der Waals surface area contributed by atoms with Crippen molar-refractivity contribution in [1.29, 1.82) is 0 Å². The van der Waals surface area contributed by atoms with Gasteiger partial charge in [-0.05, 0) is 95.8 Å². The molecule has 0 radical (unpaired) electrons. The van der Waals surface area contributed by atoms with Crippen LogP contribution in [0.4, 0.5) is 0 Å². The van der Waals surface area contributed by atoms with E-state index in [0.29, 0.717) is 12.8 Å². The van der Waals surface area contributed by atoms with Gasteiger partial charge in [-0.15, -0.1) is 9.24 Å². The summed E-state index contributed by atoms with van der Waals surface area (Å²) < 4.78 is 20.8. The van der Waals surface area contributed by atoms with Crippen LogP contribution in [0.5, 0.6) is 0 Å². The van der Waals surface area contributed by atoms with Crippen molar-refractivity contribution in [1.82, 2.24) is 0 Å². The van der Waals surface area contributed by atoms with Crippen molar-refractivity contribution in [3.05, 3.63) is 83.9 Å². The Morgan fingerprint density at radius 1 is 0.659 bits per heavy atom. The summed E-state index contributed by atoms with van der Waals surface area (Å²) >= 11 is 0. The Labute approximate surface area is 269 Å². The molecule has 0 spiro atoms. The second-order valence-corrected chi connectivity index (χ2v) is 20.5. The van der Waals surface area contributed by atoms with Crippen molar-refractivity contribution < 1.29 is 14.2 Å². The number of hydrogen-bond donors (Lipinski definition) is 0. The van der Waals surface area contributed by atoms with Gasteiger partial charge in [0.1, 0.15) is 0 Å². The Balaban J connectivity index is 1.69. The minimum Gasteiger partial charge on any atom is -0.343 e. The number of hydrogen-bond acceptors (Lipinski definition) is 3. The molecule has 0 aliphatic carbocycles. The molecule has 3 aromatic carbocycles. The fraction of sp³-hybridized carbons (Fsp3) is 0.538. The molecule has 4 aliphatic rings. The van der Waals surface area contributed by atoms with Crippen LogP contribution in [0.3, 0.4) is 0 Å². The molecule has 4 heterocycles. The Hall–Kier alpha value is -1.60. The van der Waals surface area contributed by atoms with Crippen molar-refractivity contribution in [3.63, 3.8) is 0 Å². The largest absolute Gasteiger partial charge is 0.343 e. The first-order valence-corrected chi connectivity index (χ1v) is 18.6. The Kier molecular flexibility index (Phi) is 7.68. The molecule has 5 unspecified atom stereocenters. The lowest BCUT2D eigenvalue weighted by molar-refractivity contribution is -0.531. The van der Waals surface area contributed by atoms with E-state index in [9.17, 15) is 0 Å². The van der Waals surface area contributed by atoms with Crippen LogP contribution in [0, 0.1) is 0 Å². The molecule has 0 aromatic heterocycles. The summed E-state index contributed by atoms with van der Waals surface area (Å²) in [5.41, 5.74) is 6.47. The maximum absolute atomic E-state index is 7.13. The summed E-state index contributed by atoms with van der Waals surface area (Å²) in [6.45, 7) is 23.5. The third kappa shape index (κ3) is 5.05. The summed E-state index contributed by atoms with van der Waals surface area (Å²) in [7, 11) is 2.73. The van der Waals surface area contributed by atoms with Gasteiger partial charge >= 0.3 is 0 Å². The first kappa shape index (κ1) is 32.3. The van der Waals surface area contributed by atoms with Gasteiger partial charge in [0.15, 0.2) is 11.6 Å². The standard InChI is InChI=1S/C39H52O3P2/c1-33(2,3)44(34(4,5)6)23-29-21-30(27-17-13-11-14-18-27)31(28-19-15-12-16-20-28)22-32(29)39(26-43)35(7)24-37(9)41-36(39,8)25-38(10,40-35)42-37/h11-22H,23-26,43H2,1-10H3. The van der Waals surface area contributed by atoms with Crippen LogP contribution in [0.25, 0.3) is 22.3 Å². The van der Waals surface area contributed by atoms with Gasteiger partial charge < -0.3 is 14.2 Å². The minimum absolute atomic E-state index is 0.184. The molecule has 3 nitrogen and oxygen atoms in total. The van der Waals surface area contributed by atoms with E-state index in [1.165, 1.54) is 33.4 Å². The van der Waals surface area contributed by atoms with E-state index in [4.69, 9.17) is 14.2 Å². The maximum atomic E-state index is 7.13. The van der Waals surface area contributed by atoms with E-state index in [2.05, 4.69) is 151 Å². The lowest BCUT2D eigenvalue weighted by atomic mass is 9.51. The smallest absolute Gasteiger partial charge is 0.172 e. The Bertz CT molecular complexity index is 1480. The predicted octanol–water partition coefficient (Wildman–Crippen LogP) is 10.5. The van der Waals surface area contributed by atoms with Gasteiger partial charge in [-0.1, -0.05) is 110 Å². The highest BCUT2D eigenvalue weighted by Gasteiger charge is 2.77. The molecular weight excluding hydrogens is 578 g/mol. The molecule has 236 valence electrons. The van der Waals surface area contributed by atoms with Crippen molar-refractivity contribution in [2.45, 2.75) is 127 Å². The number of ether oxygens (including phenoxy) is 3. The van der Waals surface area contributed by atoms with E-state index < -0.39 is 36.1 Å². The first-order chi connectivity index (χ1) is 20.4. The highest BCUT2D eigenvalue weighted by Crippen LogP contribution is 2.70. The van der Waals surface area contributed by atoms with E-state index in [0.717, 1.165) is 12.3 Å². The fourth-order valence-corrected chi connectivity index (χ4v) is 14.2. The summed E-state index contributed by atoms with van der Waals surface area (Å²) in [5, 5.41) is 0.368. The molecule has 7 rings (SSSR count). The zero-order chi connectivity index (χ0) is 32.0. The predicted molar refractivity (Wildman–Crippen MR) is 190 cm³/mol. The zero-order valence-corrected chi connectivity index (χ0v) is 30.6. The molecule has 4 aliphatic heterocycles. The van der Waals surface area contributed by atoms with Gasteiger partial charge in [0.25, 0.3) is 0 Å². The van der Waals surface area contributed by atoms with Crippen LogP contribution in [0.2, 0.25) is 0 Å². The normalized spacial score (nSPS) is 33.3. The Morgan fingerprint density at radius 2 is 1.09 bits per heavy atom. The second-order valence-electron chi connectivity index (χ2n) is 16.2. The van der Waals surface area contributed by atoms with Gasteiger partial charge in [0.05, 0.1) is 16.6 Å². The lowest BCUT2D eigenvalue weighted by Gasteiger charge is -2.74. The van der Waals surface area contributed by atoms with Gasteiger partial charge in [0.2, 0.25) is 0 Å². The van der Waals surface area contributed by atoms with Crippen LogP contribution in [0.1, 0.15) is 93.2 Å². The molecule has 4 fully saturated rings. The average molecular weight is 631 g/mol. The summed E-state index contributed by atoms with van der Waals surface area (Å²) in [6, 6.07) is 26.9. The SMILES string of the molecule is CC12CC3(C)OC(C)(CC(C)(O1)C3(CP)c1cc(-c3ccccc3)c(-c3ccccc3)cc1CP(C(C)(C)C)C(C)(C)C)O2. The molecule has 0 N–H and O–H groups in total. The molecular formula is C39H52O3P2. The van der Waals surface area contributed by atoms with Gasteiger partial charge in [0, 0.05) is 12.8 Å². The van der Waals surface area contributed by atoms with Crippen LogP contribution in [-0.2, 0) is 25.8 Å². The number of benzene rings is 3. The molecule has 4 saturated heterocycles. The molecule has 44 heavy (non-hydrogen) atoms. The molecule has 3 aromatic rings. The van der Waals surface area contributed by atoms with Crippen LogP contribution < -0.4 is 0 Å². The summed E-state index contributed by atoms with van der Waals surface area (Å²) in [5.74, 6) is -1.35. The van der Waals surface area contributed by atoms with Crippen LogP contribution >= 0.6 is 17.2 Å². The topological polar surface area (TPSA) is 27.7 Å². The van der Waals surface area contributed by atoms with E-state index in [1.807, 2.05) is 0 Å². The van der Waals surface area contributed by atoms with Crippen LogP contribution in [0.15, 0.2) is 72.8 Å². The third-order valence-electron chi connectivity index (χ3n) is 10.6. The monoisotopic (exact) mass is 630 g/mol. The van der Waals surface area contributed by atoms with Crippen molar-refractivity contribution >= 4 is 17.2 Å². The summed E-state index contributed by atoms with van der Waals surface area (Å²) in [6.07, 6.45) is 3.25. The average Bonchev–Trinajstić information content (AvgIpc) is 2.89. The zero-order valence-electron chi connectivity index (χ0n) is 28.5. The van der Waals surface area contributed by atoms with Gasteiger partial charge in [-0.2, -0.15) is 0 Å². The first-order valence-electron chi connectivity index (χ1n) is 16.2. The highest BCUT2D eigenvalue weighted by molar-refractivity contribution is 7.60. The highest BCUT2D eigenvalue weighted by atomic mass is 31.1. The maximum Gasteiger partial charge on any atom is 0.172 e. The summed E-state index contributed by atoms with van der Waals surface area (Å²) in [4.78, 5) is 0. The molecule has 0 saturated carbocycles. The second kappa shape index (κ2) is 10.5. The molecule has 5 heteroatoms. The van der Waals surface area contributed by atoms with Crippen molar-refractivity contribution in [2.75, 3.05) is 6.16 Å². The van der Waals surface area contributed by atoms with E-state index in [1.54, 1.807) is 0 Å².